The molecule has 1 rings (SSSR count). The lowest BCUT2D eigenvalue weighted by Crippen LogP contribution is -2.27. The van der Waals surface area contributed by atoms with E-state index < -0.39 is 0 Å². The lowest BCUT2D eigenvalue weighted by molar-refractivity contribution is 0.0901. The highest BCUT2D eigenvalue weighted by atomic mass is 16.5. The fraction of sp³-hybridized carbons (Fsp3) is 0.500. The molecular weight excluding hydrogens is 172 g/mol. The topological polar surface area (TPSA) is 64.4 Å². The van der Waals surface area contributed by atoms with Crippen molar-refractivity contribution in [2.75, 3.05) is 20.3 Å². The Morgan fingerprint density at radius 3 is 3.08 bits per heavy atom. The van der Waals surface area contributed by atoms with E-state index in [1.165, 1.54) is 6.20 Å². The van der Waals surface area contributed by atoms with Crippen LogP contribution in [-0.2, 0) is 4.74 Å². The maximum atomic E-state index is 11.2. The van der Waals surface area contributed by atoms with Crippen LogP contribution >= 0.6 is 0 Å². The van der Waals surface area contributed by atoms with Crippen molar-refractivity contribution in [2.45, 2.75) is 6.92 Å². The molecule has 0 aliphatic rings. The Hall–Kier alpha value is -1.36. The first-order chi connectivity index (χ1) is 6.24. The van der Waals surface area contributed by atoms with Gasteiger partial charge >= 0.3 is 5.91 Å². The van der Waals surface area contributed by atoms with Gasteiger partial charge in [-0.3, -0.25) is 4.79 Å². The predicted molar refractivity (Wildman–Crippen MR) is 45.4 cm³/mol. The van der Waals surface area contributed by atoms with E-state index in [0.717, 1.165) is 0 Å². The number of methoxy groups -OCH3 is 1. The minimum Gasteiger partial charge on any atom is -0.438 e. The number of aryl methyl sites for hydroxylation is 1. The molecule has 0 spiro atoms. The second-order valence-electron chi connectivity index (χ2n) is 2.52. The van der Waals surface area contributed by atoms with Gasteiger partial charge in [0.05, 0.1) is 12.8 Å². The second kappa shape index (κ2) is 4.61. The molecule has 0 aliphatic carbocycles. The third kappa shape index (κ3) is 2.87. The standard InChI is InChI=1S/C8H12N2O3/c1-6-5-10-8(13-6)7(11)9-3-4-12-2/h5H,3-4H2,1-2H3,(H,9,11). The van der Waals surface area contributed by atoms with Crippen LogP contribution in [0.15, 0.2) is 10.6 Å². The molecule has 1 heterocycles. The van der Waals surface area contributed by atoms with Crippen LogP contribution in [0.2, 0.25) is 0 Å². The van der Waals surface area contributed by atoms with Gasteiger partial charge in [-0.2, -0.15) is 0 Å². The molecule has 72 valence electrons. The van der Waals surface area contributed by atoms with E-state index in [4.69, 9.17) is 9.15 Å². The van der Waals surface area contributed by atoms with Crippen LogP contribution in [0, 0.1) is 6.92 Å². The largest absolute Gasteiger partial charge is 0.438 e. The van der Waals surface area contributed by atoms with Gasteiger partial charge in [-0.1, -0.05) is 0 Å². The molecule has 13 heavy (non-hydrogen) atoms. The number of carbonyl (C=O) groups excluding carboxylic acids is 1. The summed E-state index contributed by atoms with van der Waals surface area (Å²) in [6, 6.07) is 0. The maximum Gasteiger partial charge on any atom is 0.307 e. The molecule has 1 aromatic heterocycles. The first kappa shape index (κ1) is 9.73. The van der Waals surface area contributed by atoms with Crippen molar-refractivity contribution in [2.24, 2.45) is 0 Å². The van der Waals surface area contributed by atoms with Crippen molar-refractivity contribution >= 4 is 5.91 Å². The highest BCUT2D eigenvalue weighted by Gasteiger charge is 2.10. The molecule has 0 bridgehead atoms. The molecule has 5 nitrogen and oxygen atoms in total. The summed E-state index contributed by atoms with van der Waals surface area (Å²) >= 11 is 0. The zero-order chi connectivity index (χ0) is 9.68. The molecule has 0 fully saturated rings. The highest BCUT2D eigenvalue weighted by molar-refractivity contribution is 5.89. The molecule has 1 amide bonds. The lowest BCUT2D eigenvalue weighted by Gasteiger charge is -1.99. The average molecular weight is 184 g/mol. The number of carbonyl (C=O) groups is 1. The normalized spacial score (nSPS) is 10.0. The second-order valence-corrected chi connectivity index (χ2v) is 2.52. The van der Waals surface area contributed by atoms with Crippen LogP contribution in [0.1, 0.15) is 16.4 Å². The van der Waals surface area contributed by atoms with E-state index in [1.807, 2.05) is 0 Å². The molecule has 5 heteroatoms. The van der Waals surface area contributed by atoms with E-state index in [9.17, 15) is 4.79 Å². The van der Waals surface area contributed by atoms with E-state index in [0.29, 0.717) is 18.9 Å². The number of aromatic nitrogens is 1. The average Bonchev–Trinajstić information content (AvgIpc) is 2.52. The number of nitrogens with zero attached hydrogens (tertiary/aromatic N) is 1. The van der Waals surface area contributed by atoms with Crippen LogP contribution < -0.4 is 5.32 Å². The Bertz CT molecular complexity index is 283. The van der Waals surface area contributed by atoms with Crippen molar-refractivity contribution in [3.63, 3.8) is 0 Å². The Balaban J connectivity index is 2.40. The van der Waals surface area contributed by atoms with Gasteiger partial charge in [0.1, 0.15) is 5.76 Å². The Kier molecular flexibility index (Phi) is 3.45. The lowest BCUT2D eigenvalue weighted by atomic mass is 10.5. The quantitative estimate of drug-likeness (QED) is 0.686. The van der Waals surface area contributed by atoms with Gasteiger partial charge < -0.3 is 14.5 Å². The van der Waals surface area contributed by atoms with Gasteiger partial charge in [0.15, 0.2) is 0 Å². The molecule has 0 radical (unpaired) electrons. The number of rotatable bonds is 4. The number of amides is 1. The molecule has 0 aliphatic heterocycles. The first-order valence-electron chi connectivity index (χ1n) is 3.93. The van der Waals surface area contributed by atoms with Crippen molar-refractivity contribution in [3.05, 3.63) is 17.8 Å². The van der Waals surface area contributed by atoms with E-state index in [-0.39, 0.29) is 11.8 Å². The van der Waals surface area contributed by atoms with Gasteiger partial charge in [-0.25, -0.2) is 4.98 Å². The molecule has 1 N–H and O–H groups in total. The third-order valence-electron chi connectivity index (χ3n) is 1.41. The summed E-state index contributed by atoms with van der Waals surface area (Å²) in [5, 5.41) is 2.59. The van der Waals surface area contributed by atoms with Gasteiger partial charge in [-0.15, -0.1) is 0 Å². The maximum absolute atomic E-state index is 11.2. The van der Waals surface area contributed by atoms with E-state index >= 15 is 0 Å². The number of nitrogens with one attached hydrogen (secondary N) is 1. The molecule has 1 aromatic rings. The Morgan fingerprint density at radius 1 is 1.77 bits per heavy atom. The summed E-state index contributed by atoms with van der Waals surface area (Å²) in [7, 11) is 1.57. The first-order valence-corrected chi connectivity index (χ1v) is 3.93. The van der Waals surface area contributed by atoms with Gasteiger partial charge in [-0.05, 0) is 6.92 Å². The van der Waals surface area contributed by atoms with Crippen molar-refractivity contribution in [1.82, 2.24) is 10.3 Å². The summed E-state index contributed by atoms with van der Waals surface area (Å²) in [5.74, 6) is 0.399. The predicted octanol–water partition coefficient (Wildman–Crippen LogP) is 0.359. The molecule has 0 saturated heterocycles. The minimum atomic E-state index is -0.315. The Labute approximate surface area is 76.1 Å². The van der Waals surface area contributed by atoms with Crippen molar-refractivity contribution < 1.29 is 13.9 Å². The summed E-state index contributed by atoms with van der Waals surface area (Å²) in [4.78, 5) is 15.0. The zero-order valence-electron chi connectivity index (χ0n) is 7.66. The SMILES string of the molecule is COCCNC(=O)c1ncc(C)o1. The number of hydrogen-bond donors (Lipinski definition) is 1. The number of hydrogen-bond acceptors (Lipinski definition) is 4. The summed E-state index contributed by atoms with van der Waals surface area (Å²) < 4.78 is 9.78. The molecular formula is C8H12N2O3. The fourth-order valence-electron chi connectivity index (χ4n) is 0.802. The van der Waals surface area contributed by atoms with E-state index in [2.05, 4.69) is 10.3 Å². The highest BCUT2D eigenvalue weighted by Crippen LogP contribution is 2.00. The van der Waals surface area contributed by atoms with Crippen LogP contribution in [-0.4, -0.2) is 31.2 Å². The summed E-state index contributed by atoms with van der Waals surface area (Å²) in [5.41, 5.74) is 0. The van der Waals surface area contributed by atoms with Gasteiger partial charge in [0.2, 0.25) is 0 Å². The Morgan fingerprint density at radius 2 is 2.54 bits per heavy atom. The summed E-state index contributed by atoms with van der Waals surface area (Å²) in [6.07, 6.45) is 1.51. The van der Waals surface area contributed by atoms with Crippen LogP contribution in [0.25, 0.3) is 0 Å². The number of ether oxygens (including phenoxy) is 1. The van der Waals surface area contributed by atoms with Crippen molar-refractivity contribution in [1.29, 1.82) is 0 Å². The van der Waals surface area contributed by atoms with Gasteiger partial charge in [0, 0.05) is 13.7 Å². The van der Waals surface area contributed by atoms with Crippen molar-refractivity contribution in [3.8, 4) is 0 Å². The van der Waals surface area contributed by atoms with E-state index in [1.54, 1.807) is 14.0 Å². The monoisotopic (exact) mass is 184 g/mol. The van der Waals surface area contributed by atoms with Crippen LogP contribution in [0.4, 0.5) is 0 Å². The molecule has 0 atom stereocenters. The third-order valence-corrected chi connectivity index (χ3v) is 1.41. The van der Waals surface area contributed by atoms with Crippen LogP contribution in [0.3, 0.4) is 0 Å². The fourth-order valence-corrected chi connectivity index (χ4v) is 0.802. The smallest absolute Gasteiger partial charge is 0.307 e. The van der Waals surface area contributed by atoms with Crippen LogP contribution in [0.5, 0.6) is 0 Å². The number of oxazole rings is 1. The summed E-state index contributed by atoms with van der Waals surface area (Å²) in [6.45, 7) is 2.67. The van der Waals surface area contributed by atoms with Gasteiger partial charge in [0.25, 0.3) is 5.89 Å². The molecule has 0 unspecified atom stereocenters. The molecule has 0 saturated carbocycles. The molecule has 0 aromatic carbocycles. The zero-order valence-corrected chi connectivity index (χ0v) is 7.66. The minimum absolute atomic E-state index is 0.0913.